The Balaban J connectivity index is 1.55. The van der Waals surface area contributed by atoms with E-state index in [0.717, 1.165) is 77.0 Å². The van der Waals surface area contributed by atoms with Crippen LogP contribution < -0.4 is 5.32 Å². The zero-order valence-electron chi connectivity index (χ0n) is 67.5. The zero-order chi connectivity index (χ0) is 75.1. The van der Waals surface area contributed by atoms with Gasteiger partial charge < -0.3 is 65.1 Å². The molecule has 2 aliphatic heterocycles. The highest BCUT2D eigenvalue weighted by molar-refractivity contribution is 5.76. The van der Waals surface area contributed by atoms with E-state index >= 15 is 0 Å². The van der Waals surface area contributed by atoms with Gasteiger partial charge in [-0.1, -0.05) is 416 Å². The lowest BCUT2D eigenvalue weighted by molar-refractivity contribution is -0.359. The van der Waals surface area contributed by atoms with E-state index in [4.69, 9.17) is 18.9 Å². The minimum absolute atomic E-state index is 0.197. The third-order valence-corrected chi connectivity index (χ3v) is 22.1. The molecule has 0 radical (unpaired) electrons. The molecule has 0 aromatic heterocycles. The highest BCUT2D eigenvalue weighted by Gasteiger charge is 2.51. The van der Waals surface area contributed by atoms with Crippen LogP contribution in [0.15, 0.2) is 48.6 Å². The number of hydrogen-bond acceptors (Lipinski definition) is 13. The summed E-state index contributed by atoms with van der Waals surface area (Å²) in [6.07, 6.45) is 83.3. The molecule has 0 bridgehead atoms. The van der Waals surface area contributed by atoms with Crippen molar-refractivity contribution in [3.8, 4) is 0 Å². The minimum Gasteiger partial charge on any atom is -0.394 e. The first-order valence-electron chi connectivity index (χ1n) is 44.9. The van der Waals surface area contributed by atoms with E-state index in [2.05, 4.69) is 67.8 Å². The molecule has 2 aliphatic rings. The van der Waals surface area contributed by atoms with E-state index in [1.165, 1.54) is 321 Å². The lowest BCUT2D eigenvalue weighted by atomic mass is 9.97. The Morgan fingerprint density at radius 2 is 0.663 bits per heavy atom. The normalized spacial score (nSPS) is 21.6. The summed E-state index contributed by atoms with van der Waals surface area (Å²) in [7, 11) is 0. The van der Waals surface area contributed by atoms with Crippen LogP contribution in [-0.4, -0.2) is 140 Å². The molecular formula is C90H169NO13. The molecule has 12 atom stereocenters. The number of carbonyl (C=O) groups is 1. The number of amides is 1. The van der Waals surface area contributed by atoms with Crippen LogP contribution in [0.2, 0.25) is 0 Å². The number of rotatable bonds is 77. The van der Waals surface area contributed by atoms with E-state index in [0.29, 0.717) is 12.8 Å². The maximum atomic E-state index is 13.4. The molecule has 9 N–H and O–H groups in total. The number of aliphatic hydroxyl groups excluding tert-OH is 8. The predicted molar refractivity (Wildman–Crippen MR) is 434 cm³/mol. The van der Waals surface area contributed by atoms with Gasteiger partial charge >= 0.3 is 0 Å². The minimum atomic E-state index is -1.78. The average Bonchev–Trinajstić information content (AvgIpc) is 0.790. The molecule has 0 spiro atoms. The second-order valence-corrected chi connectivity index (χ2v) is 31.7. The fourth-order valence-electron chi connectivity index (χ4n) is 15.1. The summed E-state index contributed by atoms with van der Waals surface area (Å²) in [4.78, 5) is 13.4. The highest BCUT2D eigenvalue weighted by atomic mass is 16.7. The molecule has 14 nitrogen and oxygen atoms in total. The van der Waals surface area contributed by atoms with Crippen LogP contribution in [0.1, 0.15) is 425 Å². The fraction of sp³-hybridized carbons (Fsp3) is 0.900. The summed E-state index contributed by atoms with van der Waals surface area (Å²) in [5.41, 5.74) is 0. The summed E-state index contributed by atoms with van der Waals surface area (Å²) in [5, 5.41) is 88.1. The van der Waals surface area contributed by atoms with Crippen LogP contribution in [0.25, 0.3) is 0 Å². The van der Waals surface area contributed by atoms with Crippen molar-refractivity contribution in [2.24, 2.45) is 0 Å². The van der Waals surface area contributed by atoms with Gasteiger partial charge in [0.25, 0.3) is 0 Å². The van der Waals surface area contributed by atoms with Crippen LogP contribution in [0, 0.1) is 0 Å². The number of ether oxygens (including phenoxy) is 4. The van der Waals surface area contributed by atoms with E-state index in [-0.39, 0.29) is 12.5 Å². The molecule has 2 rings (SSSR count). The maximum Gasteiger partial charge on any atom is 0.220 e. The largest absolute Gasteiger partial charge is 0.394 e. The number of carbonyl (C=O) groups excluding carboxylic acids is 1. The van der Waals surface area contributed by atoms with Crippen molar-refractivity contribution in [2.75, 3.05) is 19.8 Å². The number of allylic oxidation sites excluding steroid dienone is 8. The molecule has 612 valence electrons. The van der Waals surface area contributed by atoms with Crippen LogP contribution >= 0.6 is 0 Å². The van der Waals surface area contributed by atoms with Gasteiger partial charge in [0.1, 0.15) is 48.8 Å². The highest BCUT2D eigenvalue weighted by Crippen LogP contribution is 2.31. The second-order valence-electron chi connectivity index (χ2n) is 31.7. The van der Waals surface area contributed by atoms with Gasteiger partial charge in [0.15, 0.2) is 12.6 Å². The molecule has 0 aromatic rings. The first-order chi connectivity index (χ1) is 51.1. The number of aliphatic hydroxyl groups is 8. The van der Waals surface area contributed by atoms with Gasteiger partial charge in [0.2, 0.25) is 5.91 Å². The van der Waals surface area contributed by atoms with Crippen molar-refractivity contribution in [1.29, 1.82) is 0 Å². The molecule has 0 aromatic carbocycles. The maximum absolute atomic E-state index is 13.4. The topological polar surface area (TPSA) is 228 Å². The second kappa shape index (κ2) is 73.7. The standard InChI is InChI=1S/C90H169NO13/c1-3-5-7-9-11-13-15-17-19-21-23-25-27-29-31-33-35-37-38-39-40-42-44-46-48-50-52-54-56-58-60-62-64-66-68-70-72-74-82(95)91-78(77-101-89-87(100)85(98)88(81(76-93)103-89)104-90-86(99)84(97)83(96)80(75-92)102-90)79(94)73-71-69-67-65-63-61-59-57-55-53-51-49-47-45-43-41-36-34-32-30-28-26-24-22-20-18-16-14-12-10-8-6-4-2/h5,7,11,13,17,19,23,25,78-81,83-90,92-94,96-100H,3-4,6,8-10,12,14-16,18,20-22,24,26-77H2,1-2H3,(H,91,95)/b7-5-,13-11-,19-17-,25-23-. The Morgan fingerprint density at radius 1 is 0.356 bits per heavy atom. The molecule has 104 heavy (non-hydrogen) atoms. The van der Waals surface area contributed by atoms with Gasteiger partial charge in [0.05, 0.1) is 32.0 Å². The summed E-state index contributed by atoms with van der Waals surface area (Å²) < 4.78 is 23.0. The SMILES string of the molecule is CC/C=C\C/C=C\C/C=C\C/C=C\CCCCCCCCCCCCCCCCCCCCCCCCCCC(=O)NC(COC1OC(CO)C(OC2OC(CO)C(O)C(O)C2O)C(O)C1O)C(O)CCCCCCCCCCCCCCCCCCCCCCCCCCCCCCCCCCC. The van der Waals surface area contributed by atoms with Crippen LogP contribution in [0.4, 0.5) is 0 Å². The van der Waals surface area contributed by atoms with Crippen molar-refractivity contribution >= 4 is 5.91 Å². The molecule has 2 saturated heterocycles. The van der Waals surface area contributed by atoms with Crippen LogP contribution in [-0.2, 0) is 23.7 Å². The van der Waals surface area contributed by atoms with Crippen molar-refractivity contribution in [3.05, 3.63) is 48.6 Å². The van der Waals surface area contributed by atoms with Crippen LogP contribution in [0.3, 0.4) is 0 Å². The Kier molecular flexibility index (Phi) is 69.5. The summed E-state index contributed by atoms with van der Waals surface area (Å²) in [6, 6.07) is -0.830. The van der Waals surface area contributed by atoms with E-state index in [9.17, 15) is 45.6 Å². The van der Waals surface area contributed by atoms with Gasteiger partial charge in [-0.3, -0.25) is 4.79 Å². The Hall–Kier alpha value is -2.05. The Morgan fingerprint density at radius 3 is 1.02 bits per heavy atom. The van der Waals surface area contributed by atoms with Crippen LogP contribution in [0.5, 0.6) is 0 Å². The quantitative estimate of drug-likeness (QED) is 0.0204. The Labute approximate surface area is 639 Å². The Bertz CT molecular complexity index is 1930. The monoisotopic (exact) mass is 1470 g/mol. The molecular weight excluding hydrogens is 1300 g/mol. The first kappa shape index (κ1) is 98.0. The number of hydrogen-bond donors (Lipinski definition) is 9. The van der Waals surface area contributed by atoms with E-state index < -0.39 is 86.8 Å². The molecule has 1 amide bonds. The zero-order valence-corrected chi connectivity index (χ0v) is 67.5. The lowest BCUT2D eigenvalue weighted by Gasteiger charge is -2.46. The van der Waals surface area contributed by atoms with E-state index in [1.807, 2.05) is 0 Å². The molecule has 12 unspecified atom stereocenters. The fourth-order valence-corrected chi connectivity index (χ4v) is 15.1. The van der Waals surface area contributed by atoms with Gasteiger partial charge in [-0.05, 0) is 51.4 Å². The van der Waals surface area contributed by atoms with Crippen molar-refractivity contribution in [2.45, 2.75) is 498 Å². The first-order valence-corrected chi connectivity index (χ1v) is 44.9. The van der Waals surface area contributed by atoms with Crippen molar-refractivity contribution in [3.63, 3.8) is 0 Å². The van der Waals surface area contributed by atoms with Gasteiger partial charge in [-0.2, -0.15) is 0 Å². The third kappa shape index (κ3) is 55.4. The van der Waals surface area contributed by atoms with Gasteiger partial charge in [-0.15, -0.1) is 0 Å². The molecule has 14 heteroatoms. The average molecular weight is 1470 g/mol. The summed E-state index contributed by atoms with van der Waals surface area (Å²) in [5.74, 6) is -0.197. The van der Waals surface area contributed by atoms with Gasteiger partial charge in [-0.25, -0.2) is 0 Å². The molecule has 0 saturated carbocycles. The van der Waals surface area contributed by atoms with Crippen molar-refractivity contribution < 1.29 is 64.6 Å². The molecule has 2 fully saturated rings. The third-order valence-electron chi connectivity index (χ3n) is 22.1. The van der Waals surface area contributed by atoms with E-state index in [1.54, 1.807) is 0 Å². The smallest absolute Gasteiger partial charge is 0.220 e. The molecule has 2 heterocycles. The summed E-state index contributed by atoms with van der Waals surface area (Å²) >= 11 is 0. The number of unbranched alkanes of at least 4 members (excludes halogenated alkanes) is 56. The van der Waals surface area contributed by atoms with Crippen molar-refractivity contribution in [1.82, 2.24) is 5.32 Å². The lowest BCUT2D eigenvalue weighted by Crippen LogP contribution is -2.65. The summed E-state index contributed by atoms with van der Waals surface area (Å²) in [6.45, 7) is 2.83. The predicted octanol–water partition coefficient (Wildman–Crippen LogP) is 21.7. The molecule has 0 aliphatic carbocycles. The van der Waals surface area contributed by atoms with Gasteiger partial charge in [0, 0.05) is 6.42 Å². The number of nitrogens with one attached hydrogen (secondary N) is 1.